The molecule has 1 aromatic rings. The molecule has 1 fully saturated rings. The summed E-state index contributed by atoms with van der Waals surface area (Å²) in [7, 11) is 0. The first-order chi connectivity index (χ1) is 14.5. The molecule has 1 atom stereocenters. The molecule has 1 aromatic carbocycles. The van der Waals surface area contributed by atoms with Crippen LogP contribution in [-0.2, 0) is 0 Å². The molecule has 0 saturated carbocycles. The van der Waals surface area contributed by atoms with Crippen LogP contribution in [0.4, 0.5) is 0 Å². The molecule has 1 aliphatic heterocycles. The zero-order chi connectivity index (χ0) is 22.9. The lowest BCUT2D eigenvalue weighted by Gasteiger charge is -2.20. The fourth-order valence-electron chi connectivity index (χ4n) is 3.17. The molecule has 3 nitrogen and oxygen atoms in total. The van der Waals surface area contributed by atoms with Crippen LogP contribution in [0.1, 0.15) is 43.7 Å². The monoisotopic (exact) mass is 409 g/mol. The van der Waals surface area contributed by atoms with E-state index >= 15 is 0 Å². The molecule has 0 aliphatic carbocycles. The van der Waals surface area contributed by atoms with Crippen LogP contribution >= 0.6 is 0 Å². The summed E-state index contributed by atoms with van der Waals surface area (Å²) in [5.74, 6) is 0.550. The average molecular weight is 410 g/mol. The molecule has 0 aromatic heterocycles. The molecule has 0 bridgehead atoms. The van der Waals surface area contributed by atoms with E-state index in [1.54, 1.807) is 0 Å². The van der Waals surface area contributed by atoms with E-state index < -0.39 is 0 Å². The topological polar surface area (TPSA) is 55.3 Å². The Labute approximate surface area is 185 Å². The standard InChI is InChI=1S/C13H17N.C12H22N2.C2H4/c1-11-5-7-13(8-6-11)12(2)14-9-3-4-10-14;1-4-11(12(5-2)9-14)7-6-10(3)8-13;1-2/h5-8H,2-4,9-10H2,1H3;4-5,10H,1-2,6-9,13-14H2,3H3;1-2H2/b;12-11-;. The summed E-state index contributed by atoms with van der Waals surface area (Å²) in [5, 5.41) is 0. The molecule has 166 valence electrons. The number of allylic oxidation sites excluding steroid dienone is 2. The Morgan fingerprint density at radius 1 is 1.03 bits per heavy atom. The molecule has 1 saturated heterocycles. The minimum Gasteiger partial charge on any atom is -0.372 e. The SMILES string of the molecule is C=C.C=C(c1ccc(C)cc1)N1CCCC1.C=C/C(CN)=C(\C=C)CCC(C)CN. The number of nitrogens with two attached hydrogens (primary N) is 2. The van der Waals surface area contributed by atoms with E-state index in [2.05, 4.69) is 75.9 Å². The lowest BCUT2D eigenvalue weighted by atomic mass is 9.97. The summed E-state index contributed by atoms with van der Waals surface area (Å²) in [4.78, 5) is 2.38. The van der Waals surface area contributed by atoms with Crippen LogP contribution in [0.5, 0.6) is 0 Å². The van der Waals surface area contributed by atoms with Crippen LogP contribution < -0.4 is 11.5 Å². The van der Waals surface area contributed by atoms with Gasteiger partial charge in [-0.2, -0.15) is 0 Å². The molecule has 3 heteroatoms. The molecule has 2 rings (SSSR count). The van der Waals surface area contributed by atoms with Crippen molar-refractivity contribution in [1.29, 1.82) is 0 Å². The Morgan fingerprint density at radius 2 is 1.57 bits per heavy atom. The van der Waals surface area contributed by atoms with Crippen molar-refractivity contribution in [2.24, 2.45) is 17.4 Å². The van der Waals surface area contributed by atoms with Crippen molar-refractivity contribution >= 4 is 5.70 Å². The number of nitrogens with zero attached hydrogens (tertiary/aromatic N) is 1. The quantitative estimate of drug-likeness (QED) is 0.397. The second-order valence-corrected chi connectivity index (χ2v) is 7.55. The highest BCUT2D eigenvalue weighted by Gasteiger charge is 2.13. The van der Waals surface area contributed by atoms with Gasteiger partial charge in [-0.3, -0.25) is 0 Å². The molecule has 1 unspecified atom stereocenters. The smallest absolute Gasteiger partial charge is 0.0366 e. The van der Waals surface area contributed by atoms with E-state index in [-0.39, 0.29) is 0 Å². The zero-order valence-electron chi connectivity index (χ0n) is 19.3. The highest BCUT2D eigenvalue weighted by Crippen LogP contribution is 2.22. The summed E-state index contributed by atoms with van der Waals surface area (Å²) in [6.45, 7) is 25.6. The predicted octanol–water partition coefficient (Wildman–Crippen LogP) is 5.85. The van der Waals surface area contributed by atoms with Gasteiger partial charge in [0, 0.05) is 25.3 Å². The Balaban J connectivity index is 0.000000518. The summed E-state index contributed by atoms with van der Waals surface area (Å²) in [5.41, 5.74) is 17.2. The second kappa shape index (κ2) is 16.4. The summed E-state index contributed by atoms with van der Waals surface area (Å²) >= 11 is 0. The van der Waals surface area contributed by atoms with Crippen LogP contribution in [0.2, 0.25) is 0 Å². The maximum atomic E-state index is 5.60. The van der Waals surface area contributed by atoms with Crippen molar-refractivity contribution in [2.75, 3.05) is 26.2 Å². The number of benzene rings is 1. The van der Waals surface area contributed by atoms with Gasteiger partial charge in [0.1, 0.15) is 0 Å². The van der Waals surface area contributed by atoms with Gasteiger partial charge in [0.15, 0.2) is 0 Å². The van der Waals surface area contributed by atoms with Crippen LogP contribution in [0.3, 0.4) is 0 Å². The minimum atomic E-state index is 0.530. The lowest BCUT2D eigenvalue weighted by Crippen LogP contribution is -2.16. The van der Waals surface area contributed by atoms with Crippen molar-refractivity contribution in [3.05, 3.63) is 91.6 Å². The van der Waals surface area contributed by atoms with Gasteiger partial charge in [0.2, 0.25) is 0 Å². The third kappa shape index (κ3) is 9.91. The maximum Gasteiger partial charge on any atom is 0.0366 e. The summed E-state index contributed by atoms with van der Waals surface area (Å²) < 4.78 is 0. The van der Waals surface area contributed by atoms with E-state index in [1.807, 2.05) is 12.2 Å². The van der Waals surface area contributed by atoms with Crippen molar-refractivity contribution in [3.63, 3.8) is 0 Å². The Kier molecular flexibility index (Phi) is 15.1. The fraction of sp³-hybridized carbons (Fsp3) is 0.407. The summed E-state index contributed by atoms with van der Waals surface area (Å²) in [6.07, 6.45) is 8.36. The van der Waals surface area contributed by atoms with Crippen LogP contribution in [0.25, 0.3) is 5.70 Å². The Bertz CT molecular complexity index is 664. The van der Waals surface area contributed by atoms with Gasteiger partial charge >= 0.3 is 0 Å². The average Bonchev–Trinajstić information content (AvgIpc) is 3.33. The fourth-order valence-corrected chi connectivity index (χ4v) is 3.17. The molecule has 1 heterocycles. The minimum absolute atomic E-state index is 0.530. The maximum absolute atomic E-state index is 5.60. The highest BCUT2D eigenvalue weighted by atomic mass is 15.1. The van der Waals surface area contributed by atoms with E-state index in [0.717, 1.165) is 25.0 Å². The second-order valence-electron chi connectivity index (χ2n) is 7.55. The van der Waals surface area contributed by atoms with Crippen molar-refractivity contribution in [2.45, 2.75) is 39.5 Å². The molecular formula is C27H43N3. The van der Waals surface area contributed by atoms with Gasteiger partial charge in [-0.1, -0.05) is 68.6 Å². The number of hydrogen-bond donors (Lipinski definition) is 2. The van der Waals surface area contributed by atoms with Gasteiger partial charge in [-0.05, 0) is 61.8 Å². The molecule has 0 spiro atoms. The third-order valence-electron chi connectivity index (χ3n) is 5.31. The lowest BCUT2D eigenvalue weighted by molar-refractivity contribution is 0.494. The zero-order valence-corrected chi connectivity index (χ0v) is 19.3. The van der Waals surface area contributed by atoms with E-state index in [4.69, 9.17) is 11.5 Å². The normalized spacial score (nSPS) is 14.3. The van der Waals surface area contributed by atoms with Crippen LogP contribution in [0.15, 0.2) is 80.5 Å². The van der Waals surface area contributed by atoms with E-state index in [9.17, 15) is 0 Å². The largest absolute Gasteiger partial charge is 0.372 e. The van der Waals surface area contributed by atoms with Crippen LogP contribution in [0, 0.1) is 12.8 Å². The highest BCUT2D eigenvalue weighted by molar-refractivity contribution is 5.62. The van der Waals surface area contributed by atoms with Gasteiger partial charge in [0.05, 0.1) is 0 Å². The summed E-state index contributed by atoms with van der Waals surface area (Å²) in [6, 6.07) is 8.62. The first-order valence-corrected chi connectivity index (χ1v) is 10.8. The molecule has 1 aliphatic rings. The Morgan fingerprint density at radius 3 is 2.00 bits per heavy atom. The Hall–Kier alpha value is -2.36. The number of rotatable bonds is 9. The molecule has 30 heavy (non-hydrogen) atoms. The van der Waals surface area contributed by atoms with Gasteiger partial charge in [-0.25, -0.2) is 0 Å². The number of likely N-dealkylation sites (tertiary alicyclic amines) is 1. The molecular weight excluding hydrogens is 366 g/mol. The molecule has 0 amide bonds. The number of aryl methyl sites for hydroxylation is 1. The third-order valence-corrected chi connectivity index (χ3v) is 5.31. The predicted molar refractivity (Wildman–Crippen MR) is 136 cm³/mol. The molecule has 4 N–H and O–H groups in total. The van der Waals surface area contributed by atoms with Gasteiger partial charge in [0.25, 0.3) is 0 Å². The molecule has 0 radical (unpaired) electrons. The first-order valence-electron chi connectivity index (χ1n) is 10.8. The van der Waals surface area contributed by atoms with Crippen LogP contribution in [-0.4, -0.2) is 31.1 Å². The van der Waals surface area contributed by atoms with Crippen molar-refractivity contribution < 1.29 is 0 Å². The van der Waals surface area contributed by atoms with E-state index in [1.165, 1.54) is 48.3 Å². The van der Waals surface area contributed by atoms with E-state index in [0.29, 0.717) is 12.5 Å². The van der Waals surface area contributed by atoms with Gasteiger partial charge in [-0.15, -0.1) is 13.2 Å². The van der Waals surface area contributed by atoms with Crippen molar-refractivity contribution in [1.82, 2.24) is 4.90 Å². The first kappa shape index (κ1) is 27.6. The van der Waals surface area contributed by atoms with Gasteiger partial charge < -0.3 is 16.4 Å². The number of hydrogen-bond acceptors (Lipinski definition) is 3. The van der Waals surface area contributed by atoms with Crippen molar-refractivity contribution in [3.8, 4) is 0 Å².